The number of carbonyl (C=O) groups excluding carboxylic acids is 1. The molecule has 2 rings (SSSR count). The largest absolute Gasteiger partial charge is 0.444 e. The Kier molecular flexibility index (Phi) is 4.88. The fourth-order valence-corrected chi connectivity index (χ4v) is 2.49. The number of nitrogens with zero attached hydrogens (tertiary/aromatic N) is 3. The van der Waals surface area contributed by atoms with Gasteiger partial charge in [-0.15, -0.1) is 0 Å². The van der Waals surface area contributed by atoms with Gasteiger partial charge in [0.15, 0.2) is 0 Å². The van der Waals surface area contributed by atoms with E-state index in [-0.39, 0.29) is 11.3 Å². The molecule has 21 heavy (non-hydrogen) atoms. The number of halogens is 1. The Morgan fingerprint density at radius 3 is 3.00 bits per heavy atom. The molecule has 1 saturated heterocycles. The Morgan fingerprint density at radius 1 is 1.57 bits per heavy atom. The molecule has 0 aliphatic carbocycles. The van der Waals surface area contributed by atoms with Gasteiger partial charge in [0, 0.05) is 25.3 Å². The Morgan fingerprint density at radius 2 is 2.33 bits per heavy atom. The molecule has 1 atom stereocenters. The van der Waals surface area contributed by atoms with E-state index in [9.17, 15) is 4.79 Å². The third-order valence-corrected chi connectivity index (χ3v) is 3.35. The summed E-state index contributed by atoms with van der Waals surface area (Å²) in [6, 6.07) is 2.03. The Balaban J connectivity index is 1.92. The molecule has 1 aromatic rings. The second-order valence-electron chi connectivity index (χ2n) is 6.06. The van der Waals surface area contributed by atoms with Crippen LogP contribution < -0.4 is 10.2 Å². The molecule has 1 N–H and O–H groups in total. The average molecular weight is 313 g/mol. The van der Waals surface area contributed by atoms with Gasteiger partial charge in [0.05, 0.1) is 0 Å². The van der Waals surface area contributed by atoms with Gasteiger partial charge in [-0.1, -0.05) is 0 Å². The molecule has 1 fully saturated rings. The quantitative estimate of drug-likeness (QED) is 0.869. The van der Waals surface area contributed by atoms with Crippen molar-refractivity contribution in [3.8, 4) is 0 Å². The first kappa shape index (κ1) is 15.8. The molecule has 0 spiro atoms. The molecule has 1 aliphatic rings. The lowest BCUT2D eigenvalue weighted by Gasteiger charge is -2.26. The van der Waals surface area contributed by atoms with Crippen molar-refractivity contribution in [1.82, 2.24) is 15.3 Å². The molecular weight excluding hydrogens is 292 g/mol. The van der Waals surface area contributed by atoms with Crippen molar-refractivity contribution < 1.29 is 9.53 Å². The molecule has 1 amide bonds. The van der Waals surface area contributed by atoms with Gasteiger partial charge in [0.25, 0.3) is 0 Å². The maximum absolute atomic E-state index is 11.7. The molecule has 7 heteroatoms. The van der Waals surface area contributed by atoms with Crippen LogP contribution in [0.25, 0.3) is 0 Å². The topological polar surface area (TPSA) is 67.3 Å². The first-order valence-corrected chi connectivity index (χ1v) is 7.45. The predicted octanol–water partition coefficient (Wildman–Crippen LogP) is 2.62. The highest BCUT2D eigenvalue weighted by Crippen LogP contribution is 2.23. The fourth-order valence-electron chi connectivity index (χ4n) is 2.35. The lowest BCUT2D eigenvalue weighted by atomic mass is 10.2. The van der Waals surface area contributed by atoms with E-state index in [1.165, 1.54) is 0 Å². The third-order valence-electron chi connectivity index (χ3n) is 3.16. The molecule has 1 aliphatic heterocycles. The van der Waals surface area contributed by atoms with E-state index in [1.807, 2.05) is 26.8 Å². The van der Waals surface area contributed by atoms with Gasteiger partial charge < -0.3 is 15.0 Å². The van der Waals surface area contributed by atoms with Gasteiger partial charge in [0.2, 0.25) is 5.28 Å². The lowest BCUT2D eigenvalue weighted by molar-refractivity contribution is 0.0525. The molecule has 116 valence electrons. The molecule has 0 bridgehead atoms. The number of hydrogen-bond donors (Lipinski definition) is 1. The van der Waals surface area contributed by atoms with Crippen LogP contribution in [0.1, 0.15) is 33.6 Å². The second kappa shape index (κ2) is 6.47. The number of rotatable bonds is 3. The summed E-state index contributed by atoms with van der Waals surface area (Å²) in [4.78, 5) is 22.0. The predicted molar refractivity (Wildman–Crippen MR) is 81.6 cm³/mol. The number of ether oxygens (including phenoxy) is 1. The van der Waals surface area contributed by atoms with Crippen molar-refractivity contribution in [2.75, 3.05) is 18.0 Å². The number of amides is 1. The van der Waals surface area contributed by atoms with Crippen molar-refractivity contribution in [2.24, 2.45) is 0 Å². The van der Waals surface area contributed by atoms with E-state index in [1.54, 1.807) is 6.20 Å². The molecular formula is C14H21ClN4O2. The summed E-state index contributed by atoms with van der Waals surface area (Å²) < 4.78 is 5.24. The minimum absolute atomic E-state index is 0.198. The monoisotopic (exact) mass is 312 g/mol. The molecule has 0 saturated carbocycles. The van der Waals surface area contributed by atoms with Crippen molar-refractivity contribution >= 4 is 23.5 Å². The minimum Gasteiger partial charge on any atom is -0.444 e. The van der Waals surface area contributed by atoms with E-state index in [4.69, 9.17) is 16.3 Å². The molecule has 0 radical (unpaired) electrons. The zero-order chi connectivity index (χ0) is 15.5. The van der Waals surface area contributed by atoms with Gasteiger partial charge in [0.1, 0.15) is 11.4 Å². The van der Waals surface area contributed by atoms with Crippen LogP contribution in [-0.2, 0) is 4.74 Å². The van der Waals surface area contributed by atoms with Gasteiger partial charge in [-0.25, -0.2) is 14.8 Å². The van der Waals surface area contributed by atoms with Gasteiger partial charge in [-0.05, 0) is 51.3 Å². The summed E-state index contributed by atoms with van der Waals surface area (Å²) in [5.41, 5.74) is -0.486. The zero-order valence-electron chi connectivity index (χ0n) is 12.6. The highest BCUT2D eigenvalue weighted by atomic mass is 35.5. The van der Waals surface area contributed by atoms with Crippen LogP contribution in [0.4, 0.5) is 10.6 Å². The van der Waals surface area contributed by atoms with Gasteiger partial charge in [-0.3, -0.25) is 0 Å². The fraction of sp³-hybridized carbons (Fsp3) is 0.643. The van der Waals surface area contributed by atoms with Crippen LogP contribution >= 0.6 is 11.6 Å². The van der Waals surface area contributed by atoms with Crippen LogP contribution in [0.2, 0.25) is 5.28 Å². The highest BCUT2D eigenvalue weighted by Gasteiger charge is 2.27. The van der Waals surface area contributed by atoms with E-state index in [0.717, 1.165) is 25.2 Å². The van der Waals surface area contributed by atoms with Crippen LogP contribution in [0.5, 0.6) is 0 Å². The summed E-state index contributed by atoms with van der Waals surface area (Å²) >= 11 is 5.83. The smallest absolute Gasteiger partial charge is 0.407 e. The third kappa shape index (κ3) is 4.74. The Bertz CT molecular complexity index is 504. The van der Waals surface area contributed by atoms with Crippen LogP contribution in [0.3, 0.4) is 0 Å². The lowest BCUT2D eigenvalue weighted by Crippen LogP contribution is -2.42. The van der Waals surface area contributed by atoms with E-state index in [0.29, 0.717) is 6.54 Å². The van der Waals surface area contributed by atoms with E-state index >= 15 is 0 Å². The standard InChI is InChI=1S/C14H21ClN4O2/c1-14(2,3)21-13(20)17-9-10-5-4-8-19(10)11-6-7-16-12(15)18-11/h6-7,10H,4-5,8-9H2,1-3H3,(H,17,20)/t10-/m0/s1. The number of aromatic nitrogens is 2. The number of alkyl carbamates (subject to hydrolysis) is 1. The van der Waals surface area contributed by atoms with Crippen LogP contribution in [-0.4, -0.2) is 40.8 Å². The number of hydrogen-bond acceptors (Lipinski definition) is 5. The summed E-state index contributed by atoms with van der Waals surface area (Å²) in [6.07, 6.45) is 3.30. The van der Waals surface area contributed by atoms with E-state index in [2.05, 4.69) is 20.2 Å². The molecule has 2 heterocycles. The number of carbonyl (C=O) groups is 1. The maximum atomic E-state index is 11.7. The summed E-state index contributed by atoms with van der Waals surface area (Å²) in [5.74, 6) is 0.795. The SMILES string of the molecule is CC(C)(C)OC(=O)NC[C@@H]1CCCN1c1ccnc(Cl)n1. The second-order valence-corrected chi connectivity index (χ2v) is 6.39. The minimum atomic E-state index is -0.486. The van der Waals surface area contributed by atoms with E-state index < -0.39 is 11.7 Å². The van der Waals surface area contributed by atoms with Crippen molar-refractivity contribution in [3.05, 3.63) is 17.5 Å². The molecule has 1 aromatic heterocycles. The highest BCUT2D eigenvalue weighted by molar-refractivity contribution is 6.28. The van der Waals surface area contributed by atoms with Crippen LogP contribution in [0, 0.1) is 0 Å². The average Bonchev–Trinajstić information content (AvgIpc) is 2.82. The molecule has 6 nitrogen and oxygen atoms in total. The molecule has 0 aromatic carbocycles. The van der Waals surface area contributed by atoms with Crippen molar-refractivity contribution in [2.45, 2.75) is 45.3 Å². The van der Waals surface area contributed by atoms with Crippen molar-refractivity contribution in [1.29, 1.82) is 0 Å². The van der Waals surface area contributed by atoms with Gasteiger partial charge in [-0.2, -0.15) is 0 Å². The first-order valence-electron chi connectivity index (χ1n) is 7.07. The summed E-state index contributed by atoms with van der Waals surface area (Å²) in [5, 5.41) is 3.05. The number of anilines is 1. The molecule has 0 unspecified atom stereocenters. The Hall–Kier alpha value is -1.56. The normalized spacial score (nSPS) is 18.7. The van der Waals surface area contributed by atoms with Crippen molar-refractivity contribution in [3.63, 3.8) is 0 Å². The maximum Gasteiger partial charge on any atom is 0.407 e. The first-order chi connectivity index (χ1) is 9.85. The zero-order valence-corrected chi connectivity index (χ0v) is 13.4. The van der Waals surface area contributed by atoms with Gasteiger partial charge >= 0.3 is 6.09 Å². The number of nitrogens with one attached hydrogen (secondary N) is 1. The van der Waals surface area contributed by atoms with Crippen LogP contribution in [0.15, 0.2) is 12.3 Å². The Labute approximate surface area is 129 Å². The summed E-state index contributed by atoms with van der Waals surface area (Å²) in [6.45, 7) is 6.95. The summed E-state index contributed by atoms with van der Waals surface area (Å²) in [7, 11) is 0.